The minimum absolute atomic E-state index is 0.0346. The van der Waals surface area contributed by atoms with Gasteiger partial charge < -0.3 is 14.8 Å². The number of piperidine rings is 1. The highest BCUT2D eigenvalue weighted by molar-refractivity contribution is 7.89. The van der Waals surface area contributed by atoms with Crippen molar-refractivity contribution >= 4 is 15.9 Å². The van der Waals surface area contributed by atoms with Crippen LogP contribution in [0.25, 0.3) is 0 Å². The molecule has 1 aromatic rings. The Kier molecular flexibility index (Phi) is 7.43. The second kappa shape index (κ2) is 9.34. The molecule has 1 aromatic carbocycles. The Labute approximate surface area is 155 Å². The van der Waals surface area contributed by atoms with Gasteiger partial charge in [0.25, 0.3) is 0 Å². The van der Waals surface area contributed by atoms with E-state index in [0.29, 0.717) is 44.9 Å². The zero-order valence-corrected chi connectivity index (χ0v) is 16.4. The molecule has 1 fully saturated rings. The van der Waals surface area contributed by atoms with Crippen LogP contribution in [0.1, 0.15) is 26.7 Å². The first-order valence-electron chi connectivity index (χ1n) is 8.90. The number of methoxy groups -OCH3 is 1. The van der Waals surface area contributed by atoms with E-state index in [1.807, 2.05) is 13.8 Å². The van der Waals surface area contributed by atoms with Crippen molar-refractivity contribution in [2.24, 2.45) is 5.92 Å². The van der Waals surface area contributed by atoms with E-state index in [9.17, 15) is 13.2 Å². The lowest BCUT2D eigenvalue weighted by Gasteiger charge is -2.31. The van der Waals surface area contributed by atoms with Gasteiger partial charge in [0.2, 0.25) is 15.9 Å². The minimum atomic E-state index is -3.55. The maximum Gasteiger partial charge on any atom is 0.243 e. The van der Waals surface area contributed by atoms with Gasteiger partial charge in [-0.05, 0) is 51.0 Å². The fourth-order valence-corrected chi connectivity index (χ4v) is 4.50. The molecule has 8 heteroatoms. The number of amides is 1. The summed E-state index contributed by atoms with van der Waals surface area (Å²) in [6.45, 7) is 5.42. The lowest BCUT2D eigenvalue weighted by molar-refractivity contribution is -0.127. The van der Waals surface area contributed by atoms with Crippen LogP contribution in [0.5, 0.6) is 5.75 Å². The molecule has 0 radical (unpaired) electrons. The number of carbonyl (C=O) groups is 1. The molecule has 1 saturated heterocycles. The van der Waals surface area contributed by atoms with Crippen molar-refractivity contribution in [1.29, 1.82) is 0 Å². The predicted molar refractivity (Wildman–Crippen MR) is 98.6 cm³/mol. The topological polar surface area (TPSA) is 84.9 Å². The third kappa shape index (κ3) is 5.18. The summed E-state index contributed by atoms with van der Waals surface area (Å²) < 4.78 is 37.3. The Morgan fingerprint density at radius 3 is 2.42 bits per heavy atom. The van der Waals surface area contributed by atoms with Gasteiger partial charge in [-0.2, -0.15) is 4.31 Å². The van der Waals surface area contributed by atoms with Gasteiger partial charge in [-0.3, -0.25) is 4.79 Å². The number of rotatable bonds is 8. The van der Waals surface area contributed by atoms with E-state index >= 15 is 0 Å². The highest BCUT2D eigenvalue weighted by atomic mass is 32.2. The summed E-state index contributed by atoms with van der Waals surface area (Å²) in [6.07, 6.45) is 1.03. The van der Waals surface area contributed by atoms with Crippen LogP contribution >= 0.6 is 0 Å². The molecular weight excluding hydrogens is 356 g/mol. The Morgan fingerprint density at radius 1 is 1.27 bits per heavy atom. The normalized spacial score (nSPS) is 17.7. The second-order valence-corrected chi connectivity index (χ2v) is 8.39. The van der Waals surface area contributed by atoms with E-state index in [1.165, 1.54) is 4.31 Å². The van der Waals surface area contributed by atoms with Crippen molar-refractivity contribution in [3.05, 3.63) is 24.3 Å². The Morgan fingerprint density at radius 2 is 1.88 bits per heavy atom. The van der Waals surface area contributed by atoms with E-state index in [1.54, 1.807) is 31.4 Å². The number of sulfonamides is 1. The first-order valence-corrected chi connectivity index (χ1v) is 10.3. The van der Waals surface area contributed by atoms with Gasteiger partial charge in [0.1, 0.15) is 5.75 Å². The van der Waals surface area contributed by atoms with Crippen LogP contribution in [0.15, 0.2) is 29.2 Å². The summed E-state index contributed by atoms with van der Waals surface area (Å²) in [5, 5.41) is 2.91. The molecule has 26 heavy (non-hydrogen) atoms. The van der Waals surface area contributed by atoms with Crippen molar-refractivity contribution < 1.29 is 22.7 Å². The van der Waals surface area contributed by atoms with E-state index in [2.05, 4.69) is 5.32 Å². The zero-order chi connectivity index (χ0) is 19.2. The van der Waals surface area contributed by atoms with Crippen LogP contribution in [0.3, 0.4) is 0 Å². The predicted octanol–water partition coefficient (Wildman–Crippen LogP) is 1.64. The quantitative estimate of drug-likeness (QED) is 0.736. The van der Waals surface area contributed by atoms with Gasteiger partial charge in [-0.25, -0.2) is 8.42 Å². The van der Waals surface area contributed by atoms with Crippen LogP contribution in [-0.2, 0) is 19.6 Å². The molecule has 0 saturated carbocycles. The molecule has 0 aliphatic carbocycles. The van der Waals surface area contributed by atoms with E-state index in [-0.39, 0.29) is 22.8 Å². The molecule has 0 aromatic heterocycles. The molecule has 0 spiro atoms. The molecule has 1 aliphatic rings. The Bertz CT molecular complexity index is 682. The Balaban J connectivity index is 1.94. The van der Waals surface area contributed by atoms with Crippen LogP contribution in [-0.4, -0.2) is 58.1 Å². The summed E-state index contributed by atoms with van der Waals surface area (Å²) in [5.41, 5.74) is 0. The van der Waals surface area contributed by atoms with Gasteiger partial charge in [-0.1, -0.05) is 0 Å². The van der Waals surface area contributed by atoms with E-state index in [0.717, 1.165) is 0 Å². The lowest BCUT2D eigenvalue weighted by Crippen LogP contribution is -2.45. The molecule has 0 bridgehead atoms. The van der Waals surface area contributed by atoms with Crippen molar-refractivity contribution in [2.75, 3.05) is 33.4 Å². The van der Waals surface area contributed by atoms with Crippen LogP contribution in [0.2, 0.25) is 0 Å². The number of nitrogens with zero attached hydrogens (tertiary/aromatic N) is 1. The van der Waals surface area contributed by atoms with Gasteiger partial charge >= 0.3 is 0 Å². The summed E-state index contributed by atoms with van der Waals surface area (Å²) in [4.78, 5) is 12.5. The second-order valence-electron chi connectivity index (χ2n) is 6.45. The van der Waals surface area contributed by atoms with Gasteiger partial charge in [0.05, 0.1) is 18.1 Å². The molecule has 146 valence electrons. The monoisotopic (exact) mass is 384 g/mol. The third-order valence-corrected chi connectivity index (χ3v) is 6.32. The van der Waals surface area contributed by atoms with Crippen LogP contribution in [0.4, 0.5) is 0 Å². The summed E-state index contributed by atoms with van der Waals surface area (Å²) in [6, 6.07) is 6.39. The number of hydrogen-bond donors (Lipinski definition) is 1. The highest BCUT2D eigenvalue weighted by Crippen LogP contribution is 2.25. The molecule has 1 heterocycles. The van der Waals surface area contributed by atoms with Gasteiger partial charge in [0, 0.05) is 32.2 Å². The molecular formula is C18H28N2O5S. The molecule has 1 aliphatic heterocycles. The van der Waals surface area contributed by atoms with Gasteiger partial charge in [0.15, 0.2) is 0 Å². The summed E-state index contributed by atoms with van der Waals surface area (Å²) in [7, 11) is -1.96. The van der Waals surface area contributed by atoms with Crippen LogP contribution < -0.4 is 10.1 Å². The largest absolute Gasteiger partial charge is 0.494 e. The third-order valence-electron chi connectivity index (χ3n) is 4.40. The number of nitrogens with one attached hydrogen (secondary N) is 1. The fraction of sp³-hybridized carbons (Fsp3) is 0.611. The highest BCUT2D eigenvalue weighted by Gasteiger charge is 2.32. The average molecular weight is 384 g/mol. The van der Waals surface area contributed by atoms with Crippen molar-refractivity contribution in [3.8, 4) is 5.75 Å². The SMILES string of the molecule is CCOc1ccc(S(=O)(=O)N2CCC(C(=O)N[C@H](C)COC)CC2)cc1. The number of ether oxygens (including phenoxy) is 2. The fourth-order valence-electron chi connectivity index (χ4n) is 3.03. The molecule has 1 atom stereocenters. The van der Waals surface area contributed by atoms with Gasteiger partial charge in [-0.15, -0.1) is 0 Å². The standard InChI is InChI=1S/C18H28N2O5S/c1-4-25-16-5-7-17(8-6-16)26(22,23)20-11-9-15(10-12-20)18(21)19-14(2)13-24-3/h5-8,14-15H,4,9-13H2,1-3H3,(H,19,21)/t14-/m1/s1. The van der Waals surface area contributed by atoms with Crippen molar-refractivity contribution in [1.82, 2.24) is 9.62 Å². The van der Waals surface area contributed by atoms with Crippen molar-refractivity contribution in [2.45, 2.75) is 37.6 Å². The first-order chi connectivity index (χ1) is 12.4. The molecule has 0 unspecified atom stereocenters. The van der Waals surface area contributed by atoms with E-state index in [4.69, 9.17) is 9.47 Å². The maximum absolute atomic E-state index is 12.8. The molecule has 1 N–H and O–H groups in total. The number of hydrogen-bond acceptors (Lipinski definition) is 5. The van der Waals surface area contributed by atoms with Crippen molar-refractivity contribution in [3.63, 3.8) is 0 Å². The van der Waals surface area contributed by atoms with E-state index < -0.39 is 10.0 Å². The molecule has 7 nitrogen and oxygen atoms in total. The molecule has 2 rings (SSSR count). The average Bonchev–Trinajstić information content (AvgIpc) is 2.62. The minimum Gasteiger partial charge on any atom is -0.494 e. The first kappa shape index (κ1) is 20.7. The summed E-state index contributed by atoms with van der Waals surface area (Å²) in [5.74, 6) is 0.445. The molecule has 1 amide bonds. The zero-order valence-electron chi connectivity index (χ0n) is 15.6. The smallest absolute Gasteiger partial charge is 0.243 e. The number of carbonyl (C=O) groups excluding carboxylic acids is 1. The van der Waals surface area contributed by atoms with Crippen LogP contribution in [0, 0.1) is 5.92 Å². The number of benzene rings is 1. The maximum atomic E-state index is 12.8. The Hall–Kier alpha value is -1.64. The summed E-state index contributed by atoms with van der Waals surface area (Å²) >= 11 is 0. The lowest BCUT2D eigenvalue weighted by atomic mass is 9.97.